The smallest absolute Gasteiger partial charge is 0.234 e. The second kappa shape index (κ2) is 14.7. The number of nitrogens with one attached hydrogen (secondary N) is 2. The zero-order valence-electron chi connectivity index (χ0n) is 29.7. The Kier molecular flexibility index (Phi) is 9.35. The Hall–Kier alpha value is -5.50. The number of aromatic nitrogens is 6. The zero-order valence-corrected chi connectivity index (χ0v) is 30.5. The minimum absolute atomic E-state index is 0.199. The molecule has 15 nitrogen and oxygen atoms in total. The molecule has 0 spiro atoms. The average molecular weight is 745 g/mol. The molecule has 5 aromatic rings. The van der Waals surface area contributed by atoms with Gasteiger partial charge in [0.25, 0.3) is 0 Å². The van der Waals surface area contributed by atoms with Crippen LogP contribution in [-0.2, 0) is 14.3 Å². The number of imide groups is 1. The summed E-state index contributed by atoms with van der Waals surface area (Å²) >= 11 is 1.59. The van der Waals surface area contributed by atoms with Crippen molar-refractivity contribution in [2.75, 3.05) is 74.1 Å². The molecular weight excluding hydrogens is 705 g/mol. The fraction of sp³-hybridized carbons (Fsp3) is 0.421. The van der Waals surface area contributed by atoms with Gasteiger partial charge in [0.1, 0.15) is 11.9 Å². The Morgan fingerprint density at radius 3 is 2.52 bits per heavy atom. The molecule has 0 unspecified atom stereocenters. The molecule has 2 N–H and O–H groups in total. The molecule has 4 saturated heterocycles. The number of hydrogen-bond acceptors (Lipinski definition) is 14. The summed E-state index contributed by atoms with van der Waals surface area (Å²) in [6.07, 6.45) is 8.37. The first-order valence-corrected chi connectivity index (χ1v) is 19.4. The first kappa shape index (κ1) is 34.3. The first-order valence-electron chi connectivity index (χ1n) is 18.6. The van der Waals surface area contributed by atoms with Crippen LogP contribution in [-0.4, -0.2) is 112 Å². The quantitative estimate of drug-likeness (QED) is 0.210. The van der Waals surface area contributed by atoms with Crippen molar-refractivity contribution >= 4 is 45.3 Å². The fourth-order valence-electron chi connectivity index (χ4n) is 7.76. The number of ether oxygens (including phenoxy) is 1. The van der Waals surface area contributed by atoms with Gasteiger partial charge in [-0.3, -0.25) is 24.8 Å². The Labute approximate surface area is 316 Å². The number of pyridine rings is 2. The summed E-state index contributed by atoms with van der Waals surface area (Å²) in [5.74, 6) is 0.858. The van der Waals surface area contributed by atoms with Crippen molar-refractivity contribution in [1.82, 2.24) is 40.0 Å². The van der Waals surface area contributed by atoms with Gasteiger partial charge in [0, 0.05) is 70.3 Å². The van der Waals surface area contributed by atoms with E-state index < -0.39 is 0 Å². The molecule has 276 valence electrons. The summed E-state index contributed by atoms with van der Waals surface area (Å²) in [7, 11) is 0. The van der Waals surface area contributed by atoms with Crippen LogP contribution in [0.15, 0.2) is 55.0 Å². The number of fused-ring (bicyclic) bond motifs is 1. The van der Waals surface area contributed by atoms with Crippen molar-refractivity contribution < 1.29 is 14.3 Å². The van der Waals surface area contributed by atoms with Gasteiger partial charge in [-0.2, -0.15) is 10.4 Å². The molecule has 9 heterocycles. The number of anilines is 3. The van der Waals surface area contributed by atoms with Crippen LogP contribution in [0.5, 0.6) is 0 Å². The van der Waals surface area contributed by atoms with E-state index in [9.17, 15) is 14.9 Å². The number of carbonyl (C=O) groups excluding carboxylic acids is 2. The Morgan fingerprint density at radius 1 is 0.926 bits per heavy atom. The van der Waals surface area contributed by atoms with Gasteiger partial charge in [-0.15, -0.1) is 10.2 Å². The largest absolute Gasteiger partial charge is 0.377 e. The van der Waals surface area contributed by atoms with E-state index in [0.717, 1.165) is 108 Å². The summed E-state index contributed by atoms with van der Waals surface area (Å²) < 4.78 is 7.25. The average Bonchev–Trinajstić information content (AvgIpc) is 3.85. The van der Waals surface area contributed by atoms with E-state index in [4.69, 9.17) is 14.7 Å². The van der Waals surface area contributed by atoms with E-state index in [1.807, 2.05) is 42.6 Å². The Morgan fingerprint density at radius 2 is 1.78 bits per heavy atom. The zero-order chi connectivity index (χ0) is 36.6. The van der Waals surface area contributed by atoms with Crippen molar-refractivity contribution in [3.05, 3.63) is 66.1 Å². The number of hydrogen-bond donors (Lipinski definition) is 2. The standard InChI is InChI=1S/C38H40N12O3S/c39-17-25-15-28-2-4-33(50(28)42-18-25)32-16-31(43-27-22-53-23-27)30(20-40-32)37-45-46-38(54-37)49-13-11-47(12-14-49)21-24-7-9-48(10-8-24)34-5-1-26(19-41-34)29-3-6-35(51)44-36(29)52/h1-2,4-5,15-16,18-20,24,27,29H,3,6-14,21-23H2,(H,40,43)(H,44,51,52)/t29-/m1/s1. The van der Waals surface area contributed by atoms with Crippen LogP contribution in [0.2, 0.25) is 0 Å². The van der Waals surface area contributed by atoms with Crippen molar-refractivity contribution in [1.29, 1.82) is 5.26 Å². The van der Waals surface area contributed by atoms with Gasteiger partial charge in [0.2, 0.25) is 16.9 Å². The summed E-state index contributed by atoms with van der Waals surface area (Å²) in [6.45, 7) is 8.09. The maximum absolute atomic E-state index is 12.3. The maximum Gasteiger partial charge on any atom is 0.234 e. The van der Waals surface area contributed by atoms with Crippen LogP contribution in [0.25, 0.3) is 27.5 Å². The van der Waals surface area contributed by atoms with Crippen molar-refractivity contribution in [2.24, 2.45) is 5.92 Å². The summed E-state index contributed by atoms with van der Waals surface area (Å²) in [4.78, 5) is 40.6. The second-order valence-electron chi connectivity index (χ2n) is 14.5. The molecule has 1 atom stereocenters. The molecule has 0 bridgehead atoms. The lowest BCUT2D eigenvalue weighted by Gasteiger charge is -2.39. The van der Waals surface area contributed by atoms with Crippen molar-refractivity contribution in [3.63, 3.8) is 0 Å². The first-order chi connectivity index (χ1) is 26.5. The topological polar surface area (TPSA) is 170 Å². The lowest BCUT2D eigenvalue weighted by molar-refractivity contribution is -0.134. The molecule has 16 heteroatoms. The molecule has 9 rings (SSSR count). The van der Waals surface area contributed by atoms with Crippen LogP contribution < -0.4 is 20.4 Å². The predicted molar refractivity (Wildman–Crippen MR) is 203 cm³/mol. The number of amides is 2. The minimum atomic E-state index is -0.306. The molecule has 4 aliphatic rings. The third-order valence-electron chi connectivity index (χ3n) is 10.9. The van der Waals surface area contributed by atoms with Gasteiger partial charge >= 0.3 is 0 Å². The summed E-state index contributed by atoms with van der Waals surface area (Å²) in [6, 6.07) is 14.1. The van der Waals surface area contributed by atoms with Gasteiger partial charge in [0.05, 0.1) is 59.4 Å². The highest BCUT2D eigenvalue weighted by Crippen LogP contribution is 2.37. The van der Waals surface area contributed by atoms with Crippen molar-refractivity contribution in [3.8, 4) is 28.0 Å². The van der Waals surface area contributed by atoms with Crippen LogP contribution in [0.1, 0.15) is 42.7 Å². The van der Waals surface area contributed by atoms with Gasteiger partial charge in [-0.05, 0) is 61.1 Å². The third kappa shape index (κ3) is 6.97. The van der Waals surface area contributed by atoms with Gasteiger partial charge in [0.15, 0.2) is 5.01 Å². The lowest BCUT2D eigenvalue weighted by atomic mass is 9.91. The van der Waals surface area contributed by atoms with E-state index in [1.54, 1.807) is 28.2 Å². The highest BCUT2D eigenvalue weighted by atomic mass is 32.1. The van der Waals surface area contributed by atoms with Crippen LogP contribution >= 0.6 is 11.3 Å². The van der Waals surface area contributed by atoms with E-state index in [2.05, 4.69) is 46.7 Å². The molecule has 54 heavy (non-hydrogen) atoms. The molecule has 0 radical (unpaired) electrons. The van der Waals surface area contributed by atoms with Gasteiger partial charge in [-0.1, -0.05) is 17.4 Å². The number of piperidine rings is 2. The SMILES string of the molecule is N#Cc1cnn2c(-c3cc(NC4COC4)c(-c4nnc(N5CCN(CC6CCN(c7ccc([C@H]8CCC(=O)NC8=O)cn7)CC6)CC5)s4)cn3)ccc2c1. The molecule has 2 amide bonds. The Bertz CT molecular complexity index is 2210. The van der Waals surface area contributed by atoms with Crippen LogP contribution in [0.3, 0.4) is 0 Å². The van der Waals surface area contributed by atoms with Gasteiger partial charge in [-0.25, -0.2) is 9.50 Å². The van der Waals surface area contributed by atoms with E-state index in [1.165, 1.54) is 0 Å². The molecule has 0 aromatic carbocycles. The Balaban J connectivity index is 0.798. The molecular formula is C38H40N12O3S. The summed E-state index contributed by atoms with van der Waals surface area (Å²) in [5.41, 5.74) is 5.65. The lowest BCUT2D eigenvalue weighted by Crippen LogP contribution is -2.49. The molecule has 0 saturated carbocycles. The highest BCUT2D eigenvalue weighted by molar-refractivity contribution is 7.18. The number of rotatable bonds is 9. The normalized spacial score (nSPS) is 20.2. The van der Waals surface area contributed by atoms with E-state index >= 15 is 0 Å². The number of nitriles is 1. The minimum Gasteiger partial charge on any atom is -0.377 e. The number of piperazine rings is 1. The number of carbonyl (C=O) groups is 2. The fourth-order valence-corrected chi connectivity index (χ4v) is 8.68. The van der Waals surface area contributed by atoms with Gasteiger partial charge < -0.3 is 19.9 Å². The predicted octanol–water partition coefficient (Wildman–Crippen LogP) is 3.55. The highest BCUT2D eigenvalue weighted by Gasteiger charge is 2.30. The van der Waals surface area contributed by atoms with Crippen LogP contribution in [0, 0.1) is 17.2 Å². The third-order valence-corrected chi connectivity index (χ3v) is 12.0. The maximum atomic E-state index is 12.3. The van der Waals surface area contributed by atoms with Crippen LogP contribution in [0.4, 0.5) is 16.6 Å². The molecule has 4 fully saturated rings. The second-order valence-corrected chi connectivity index (χ2v) is 15.4. The van der Waals surface area contributed by atoms with E-state index in [0.29, 0.717) is 37.5 Å². The molecule has 0 aliphatic carbocycles. The monoisotopic (exact) mass is 744 g/mol. The van der Waals surface area contributed by atoms with E-state index in [-0.39, 0.29) is 23.8 Å². The van der Waals surface area contributed by atoms with Crippen molar-refractivity contribution in [2.45, 2.75) is 37.6 Å². The summed E-state index contributed by atoms with van der Waals surface area (Å²) in [5, 5.41) is 30.8. The number of nitrogens with zero attached hydrogens (tertiary/aromatic N) is 10. The molecule has 4 aliphatic heterocycles. The molecule has 5 aromatic heterocycles.